The van der Waals surface area contributed by atoms with Crippen LogP contribution in [0.4, 0.5) is 5.69 Å². The summed E-state index contributed by atoms with van der Waals surface area (Å²) in [6, 6.07) is 16.4. The summed E-state index contributed by atoms with van der Waals surface area (Å²) >= 11 is 0. The first-order chi connectivity index (χ1) is 11.6. The molecule has 5 nitrogen and oxygen atoms in total. The monoisotopic (exact) mass is 322 g/mol. The summed E-state index contributed by atoms with van der Waals surface area (Å²) in [6.45, 7) is 1.48. The summed E-state index contributed by atoms with van der Waals surface area (Å²) < 4.78 is 0. The molecule has 1 aliphatic heterocycles. The van der Waals surface area contributed by atoms with Gasteiger partial charge < -0.3 is 4.90 Å². The molecule has 2 aromatic rings. The molecule has 1 heterocycles. The van der Waals surface area contributed by atoms with E-state index >= 15 is 0 Å². The lowest BCUT2D eigenvalue weighted by molar-refractivity contribution is -0.384. The minimum atomic E-state index is -0.438. The van der Waals surface area contributed by atoms with E-state index in [1.165, 1.54) is 23.8 Å². The van der Waals surface area contributed by atoms with Crippen molar-refractivity contribution in [1.29, 1.82) is 0 Å². The van der Waals surface area contributed by atoms with Crippen molar-refractivity contribution in [2.75, 3.05) is 13.1 Å². The van der Waals surface area contributed by atoms with Crippen LogP contribution in [0, 0.1) is 10.1 Å². The van der Waals surface area contributed by atoms with Crippen LogP contribution in [0.25, 0.3) is 6.08 Å². The van der Waals surface area contributed by atoms with Crippen LogP contribution >= 0.6 is 0 Å². The van der Waals surface area contributed by atoms with Gasteiger partial charge in [-0.15, -0.1) is 0 Å². The molecule has 0 spiro atoms. The topological polar surface area (TPSA) is 63.4 Å². The first-order valence-electron chi connectivity index (χ1n) is 7.90. The number of nitro groups is 1. The molecule has 0 radical (unpaired) electrons. The van der Waals surface area contributed by atoms with Gasteiger partial charge in [0.05, 0.1) is 4.92 Å². The van der Waals surface area contributed by atoms with Crippen molar-refractivity contribution in [3.05, 3.63) is 81.9 Å². The third-order valence-electron chi connectivity index (χ3n) is 4.29. The lowest BCUT2D eigenvalue weighted by Crippen LogP contribution is -2.26. The zero-order valence-electron chi connectivity index (χ0n) is 13.2. The second-order valence-corrected chi connectivity index (χ2v) is 5.86. The van der Waals surface area contributed by atoms with Crippen LogP contribution in [0.5, 0.6) is 0 Å². The molecule has 5 heteroatoms. The zero-order valence-corrected chi connectivity index (χ0v) is 13.2. The van der Waals surface area contributed by atoms with Crippen LogP contribution in [0.15, 0.2) is 60.7 Å². The Kier molecular flexibility index (Phi) is 4.70. The molecule has 24 heavy (non-hydrogen) atoms. The SMILES string of the molecule is O=C(/C=C/c1ccc([N+](=O)[O-])cc1)N1CCC(c2ccccc2)C1. The number of nitrogens with zero attached hydrogens (tertiary/aromatic N) is 2. The summed E-state index contributed by atoms with van der Waals surface area (Å²) in [4.78, 5) is 24.3. The Balaban J connectivity index is 1.60. The Labute approximate surface area is 140 Å². The number of carbonyl (C=O) groups excluding carboxylic acids is 1. The molecule has 1 atom stereocenters. The van der Waals surface area contributed by atoms with Gasteiger partial charge in [0.25, 0.3) is 5.69 Å². The van der Waals surface area contributed by atoms with Crippen LogP contribution in [-0.4, -0.2) is 28.8 Å². The summed E-state index contributed by atoms with van der Waals surface area (Å²) in [5, 5.41) is 10.6. The summed E-state index contributed by atoms with van der Waals surface area (Å²) in [5.74, 6) is 0.370. The largest absolute Gasteiger partial charge is 0.339 e. The number of carbonyl (C=O) groups is 1. The van der Waals surface area contributed by atoms with E-state index in [0.29, 0.717) is 5.92 Å². The standard InChI is InChI=1S/C19H18N2O3/c22-19(11-8-15-6-9-18(10-7-15)21(23)24)20-13-12-17(14-20)16-4-2-1-3-5-16/h1-11,17H,12-14H2/b11-8+. The summed E-state index contributed by atoms with van der Waals surface area (Å²) in [6.07, 6.45) is 4.21. The van der Waals surface area contributed by atoms with E-state index in [-0.39, 0.29) is 11.6 Å². The highest BCUT2D eigenvalue weighted by Gasteiger charge is 2.25. The molecule has 0 aliphatic carbocycles. The first kappa shape index (κ1) is 15.9. The molecule has 1 aliphatic rings. The molecule has 1 amide bonds. The molecule has 0 saturated carbocycles. The van der Waals surface area contributed by atoms with Crippen molar-refractivity contribution in [1.82, 2.24) is 4.90 Å². The minimum absolute atomic E-state index is 0.0215. The van der Waals surface area contributed by atoms with Crippen LogP contribution in [0.2, 0.25) is 0 Å². The summed E-state index contributed by atoms with van der Waals surface area (Å²) in [7, 11) is 0. The molecular weight excluding hydrogens is 304 g/mol. The van der Waals surface area contributed by atoms with Gasteiger partial charge >= 0.3 is 0 Å². The average Bonchev–Trinajstić information content (AvgIpc) is 3.11. The molecule has 0 aromatic heterocycles. The highest BCUT2D eigenvalue weighted by Crippen LogP contribution is 2.27. The lowest BCUT2D eigenvalue weighted by Gasteiger charge is -2.14. The number of rotatable bonds is 4. The highest BCUT2D eigenvalue weighted by atomic mass is 16.6. The van der Waals surface area contributed by atoms with Crippen LogP contribution < -0.4 is 0 Å². The van der Waals surface area contributed by atoms with Gasteiger partial charge in [-0.05, 0) is 35.8 Å². The van der Waals surface area contributed by atoms with Crippen molar-refractivity contribution in [3.8, 4) is 0 Å². The normalized spacial score (nSPS) is 17.3. The predicted molar refractivity (Wildman–Crippen MR) is 92.5 cm³/mol. The molecular formula is C19H18N2O3. The van der Waals surface area contributed by atoms with Gasteiger partial charge in [0.2, 0.25) is 5.91 Å². The van der Waals surface area contributed by atoms with Gasteiger partial charge in [-0.2, -0.15) is 0 Å². The van der Waals surface area contributed by atoms with E-state index < -0.39 is 4.92 Å². The number of likely N-dealkylation sites (tertiary alicyclic amines) is 1. The molecule has 2 aromatic carbocycles. The predicted octanol–water partition coefficient (Wildman–Crippen LogP) is 3.62. The van der Waals surface area contributed by atoms with Gasteiger partial charge in [-0.1, -0.05) is 30.3 Å². The maximum atomic E-state index is 12.3. The van der Waals surface area contributed by atoms with Crippen LogP contribution in [0.3, 0.4) is 0 Å². The maximum absolute atomic E-state index is 12.3. The van der Waals surface area contributed by atoms with E-state index in [4.69, 9.17) is 0 Å². The Morgan fingerprint density at radius 1 is 1.12 bits per heavy atom. The van der Waals surface area contributed by atoms with Gasteiger partial charge in [-0.3, -0.25) is 14.9 Å². The van der Waals surface area contributed by atoms with Crippen molar-refractivity contribution >= 4 is 17.7 Å². The second-order valence-electron chi connectivity index (χ2n) is 5.86. The zero-order chi connectivity index (χ0) is 16.9. The molecule has 0 bridgehead atoms. The first-order valence-corrected chi connectivity index (χ1v) is 7.90. The third kappa shape index (κ3) is 3.68. The fraction of sp³-hybridized carbons (Fsp3) is 0.211. The molecule has 122 valence electrons. The number of hydrogen-bond donors (Lipinski definition) is 0. The number of hydrogen-bond acceptors (Lipinski definition) is 3. The van der Waals surface area contributed by atoms with Gasteiger partial charge in [0, 0.05) is 37.2 Å². The third-order valence-corrected chi connectivity index (χ3v) is 4.29. The lowest BCUT2D eigenvalue weighted by atomic mass is 9.99. The van der Waals surface area contributed by atoms with Crippen molar-refractivity contribution in [2.24, 2.45) is 0 Å². The quantitative estimate of drug-likeness (QED) is 0.490. The number of amides is 1. The van der Waals surface area contributed by atoms with Gasteiger partial charge in [0.1, 0.15) is 0 Å². The van der Waals surface area contributed by atoms with Crippen LogP contribution in [-0.2, 0) is 4.79 Å². The number of benzene rings is 2. The van der Waals surface area contributed by atoms with Crippen molar-refractivity contribution < 1.29 is 9.72 Å². The highest BCUT2D eigenvalue weighted by molar-refractivity contribution is 5.92. The van der Waals surface area contributed by atoms with E-state index in [9.17, 15) is 14.9 Å². The fourth-order valence-electron chi connectivity index (χ4n) is 2.94. The Morgan fingerprint density at radius 2 is 1.83 bits per heavy atom. The molecule has 1 fully saturated rings. The second kappa shape index (κ2) is 7.08. The van der Waals surface area contributed by atoms with E-state index in [2.05, 4.69) is 12.1 Å². The van der Waals surface area contributed by atoms with E-state index in [1.54, 1.807) is 18.2 Å². The Hall–Kier alpha value is -2.95. The average molecular weight is 322 g/mol. The smallest absolute Gasteiger partial charge is 0.269 e. The number of non-ortho nitro benzene ring substituents is 1. The van der Waals surface area contributed by atoms with E-state index in [0.717, 1.165) is 25.1 Å². The van der Waals surface area contributed by atoms with Gasteiger partial charge in [0.15, 0.2) is 0 Å². The maximum Gasteiger partial charge on any atom is 0.269 e. The van der Waals surface area contributed by atoms with Crippen LogP contribution in [0.1, 0.15) is 23.5 Å². The van der Waals surface area contributed by atoms with Crippen molar-refractivity contribution in [3.63, 3.8) is 0 Å². The fourth-order valence-corrected chi connectivity index (χ4v) is 2.94. The summed E-state index contributed by atoms with van der Waals surface area (Å²) in [5.41, 5.74) is 2.09. The van der Waals surface area contributed by atoms with Gasteiger partial charge in [-0.25, -0.2) is 0 Å². The molecule has 0 N–H and O–H groups in total. The Morgan fingerprint density at radius 3 is 2.50 bits per heavy atom. The molecule has 1 unspecified atom stereocenters. The Bertz CT molecular complexity index is 754. The molecule has 3 rings (SSSR count). The molecule has 1 saturated heterocycles. The minimum Gasteiger partial charge on any atom is -0.339 e. The van der Waals surface area contributed by atoms with Crippen molar-refractivity contribution in [2.45, 2.75) is 12.3 Å². The van der Waals surface area contributed by atoms with E-state index in [1.807, 2.05) is 23.1 Å². The number of nitro benzene ring substituents is 1.